The molecule has 0 spiro atoms. The first-order chi connectivity index (χ1) is 8.56. The summed E-state index contributed by atoms with van der Waals surface area (Å²) in [5.41, 5.74) is 1.12. The number of hydrogen-bond donors (Lipinski definition) is 1. The smallest absolute Gasteiger partial charge is 0.137 e. The standard InChI is InChI=1S/C14H20BrFN2/c1-10(11-5-6-14(16)13(15)8-11)17-12-4-3-7-18(2)9-12/h5-6,8,10,12,17H,3-4,7,9H2,1-2H3. The van der Waals surface area contributed by atoms with Crippen LogP contribution in [0, 0.1) is 5.82 Å². The van der Waals surface area contributed by atoms with Crippen LogP contribution >= 0.6 is 15.9 Å². The Morgan fingerprint density at radius 2 is 2.28 bits per heavy atom. The minimum Gasteiger partial charge on any atom is -0.306 e. The zero-order chi connectivity index (χ0) is 13.1. The lowest BCUT2D eigenvalue weighted by molar-refractivity contribution is 0.218. The maximum absolute atomic E-state index is 13.2. The van der Waals surface area contributed by atoms with Crippen LogP contribution in [0.25, 0.3) is 0 Å². The molecule has 0 bridgehead atoms. The highest BCUT2D eigenvalue weighted by molar-refractivity contribution is 9.10. The van der Waals surface area contributed by atoms with E-state index in [2.05, 4.69) is 40.1 Å². The van der Waals surface area contributed by atoms with Crippen molar-refractivity contribution >= 4 is 15.9 Å². The van der Waals surface area contributed by atoms with E-state index in [9.17, 15) is 4.39 Å². The maximum Gasteiger partial charge on any atom is 0.137 e. The molecule has 1 saturated heterocycles. The number of benzene rings is 1. The van der Waals surface area contributed by atoms with E-state index in [1.165, 1.54) is 25.5 Å². The molecule has 18 heavy (non-hydrogen) atoms. The molecule has 1 aliphatic heterocycles. The van der Waals surface area contributed by atoms with Crippen molar-refractivity contribution in [2.45, 2.75) is 31.8 Å². The highest BCUT2D eigenvalue weighted by Crippen LogP contribution is 2.22. The van der Waals surface area contributed by atoms with Crippen LogP contribution in [0.3, 0.4) is 0 Å². The fourth-order valence-corrected chi connectivity index (χ4v) is 2.93. The van der Waals surface area contributed by atoms with Crippen molar-refractivity contribution in [1.29, 1.82) is 0 Å². The molecule has 100 valence electrons. The van der Waals surface area contributed by atoms with E-state index in [1.807, 2.05) is 12.1 Å². The lowest BCUT2D eigenvalue weighted by atomic mass is 10.0. The SMILES string of the molecule is CC(NC1CCCN(C)C1)c1ccc(F)c(Br)c1. The van der Waals surface area contributed by atoms with Gasteiger partial charge in [-0.1, -0.05) is 6.07 Å². The van der Waals surface area contributed by atoms with Crippen molar-refractivity contribution in [3.05, 3.63) is 34.1 Å². The minimum absolute atomic E-state index is 0.205. The first-order valence-corrected chi connectivity index (χ1v) is 7.25. The van der Waals surface area contributed by atoms with Crippen LogP contribution < -0.4 is 5.32 Å². The first-order valence-electron chi connectivity index (χ1n) is 6.46. The third-order valence-corrected chi connectivity index (χ3v) is 4.16. The molecule has 1 aromatic rings. The Morgan fingerprint density at radius 3 is 2.94 bits per heavy atom. The van der Waals surface area contributed by atoms with Crippen LogP contribution in [-0.2, 0) is 0 Å². The minimum atomic E-state index is -0.205. The number of likely N-dealkylation sites (tertiary alicyclic amines) is 1. The molecule has 2 nitrogen and oxygen atoms in total. The fourth-order valence-electron chi connectivity index (χ4n) is 2.53. The van der Waals surface area contributed by atoms with Crippen molar-refractivity contribution < 1.29 is 4.39 Å². The summed E-state index contributed by atoms with van der Waals surface area (Å²) in [4.78, 5) is 2.36. The Hall–Kier alpha value is -0.450. The topological polar surface area (TPSA) is 15.3 Å². The number of halogens is 2. The Kier molecular flexibility index (Phi) is 4.76. The van der Waals surface area contributed by atoms with E-state index >= 15 is 0 Å². The van der Waals surface area contributed by atoms with E-state index < -0.39 is 0 Å². The van der Waals surface area contributed by atoms with Crippen molar-refractivity contribution in [1.82, 2.24) is 10.2 Å². The van der Waals surface area contributed by atoms with Gasteiger partial charge in [0.25, 0.3) is 0 Å². The normalized spacial score (nSPS) is 23.0. The molecule has 2 rings (SSSR count). The highest BCUT2D eigenvalue weighted by atomic mass is 79.9. The molecule has 0 radical (unpaired) electrons. The van der Waals surface area contributed by atoms with Gasteiger partial charge in [-0.25, -0.2) is 4.39 Å². The number of nitrogens with zero attached hydrogens (tertiary/aromatic N) is 1. The van der Waals surface area contributed by atoms with Gasteiger partial charge in [0.05, 0.1) is 4.47 Å². The van der Waals surface area contributed by atoms with Gasteiger partial charge in [-0.05, 0) is 67.0 Å². The molecule has 4 heteroatoms. The maximum atomic E-state index is 13.2. The molecule has 1 fully saturated rings. The monoisotopic (exact) mass is 314 g/mol. The molecule has 1 N–H and O–H groups in total. The Labute approximate surface area is 117 Å². The lowest BCUT2D eigenvalue weighted by Crippen LogP contribution is -2.44. The van der Waals surface area contributed by atoms with Crippen LogP contribution in [0.5, 0.6) is 0 Å². The summed E-state index contributed by atoms with van der Waals surface area (Å²) in [6.45, 7) is 4.41. The second kappa shape index (κ2) is 6.13. The van der Waals surface area contributed by atoms with Gasteiger partial charge in [-0.15, -0.1) is 0 Å². The average molecular weight is 315 g/mol. The molecule has 0 aliphatic carbocycles. The zero-order valence-corrected chi connectivity index (χ0v) is 12.5. The van der Waals surface area contributed by atoms with Gasteiger partial charge >= 0.3 is 0 Å². The largest absolute Gasteiger partial charge is 0.306 e. The number of hydrogen-bond acceptors (Lipinski definition) is 2. The molecule has 0 aromatic heterocycles. The van der Waals surface area contributed by atoms with Gasteiger partial charge in [0.1, 0.15) is 5.82 Å². The van der Waals surface area contributed by atoms with Gasteiger partial charge in [-0.2, -0.15) is 0 Å². The molecule has 1 aromatic carbocycles. The highest BCUT2D eigenvalue weighted by Gasteiger charge is 2.19. The third-order valence-electron chi connectivity index (χ3n) is 3.55. The van der Waals surface area contributed by atoms with Gasteiger partial charge in [0.15, 0.2) is 0 Å². The molecule has 2 unspecified atom stereocenters. The molecular formula is C14H20BrFN2. The summed E-state index contributed by atoms with van der Waals surface area (Å²) in [6, 6.07) is 6.01. The molecule has 1 heterocycles. The molecular weight excluding hydrogens is 295 g/mol. The Bertz CT molecular complexity index is 411. The van der Waals surface area contributed by atoms with Crippen molar-refractivity contribution in [3.63, 3.8) is 0 Å². The van der Waals surface area contributed by atoms with Crippen LogP contribution in [0.2, 0.25) is 0 Å². The van der Waals surface area contributed by atoms with Crippen molar-refractivity contribution in [2.75, 3.05) is 20.1 Å². The second-order valence-corrected chi connectivity index (χ2v) is 6.02. The first kappa shape index (κ1) is 14.0. The average Bonchev–Trinajstić information content (AvgIpc) is 2.32. The zero-order valence-electron chi connectivity index (χ0n) is 10.9. The van der Waals surface area contributed by atoms with Crippen LogP contribution in [-0.4, -0.2) is 31.1 Å². The van der Waals surface area contributed by atoms with E-state index in [-0.39, 0.29) is 11.9 Å². The predicted molar refractivity (Wildman–Crippen MR) is 76.2 cm³/mol. The Balaban J connectivity index is 1.98. The van der Waals surface area contributed by atoms with E-state index in [4.69, 9.17) is 0 Å². The number of piperidine rings is 1. The second-order valence-electron chi connectivity index (χ2n) is 5.16. The molecule has 0 amide bonds. The van der Waals surface area contributed by atoms with Crippen molar-refractivity contribution in [2.24, 2.45) is 0 Å². The molecule has 0 saturated carbocycles. The van der Waals surface area contributed by atoms with Crippen LogP contribution in [0.1, 0.15) is 31.4 Å². The van der Waals surface area contributed by atoms with E-state index in [0.29, 0.717) is 10.5 Å². The summed E-state index contributed by atoms with van der Waals surface area (Å²) in [7, 11) is 2.16. The van der Waals surface area contributed by atoms with E-state index in [0.717, 1.165) is 12.1 Å². The summed E-state index contributed by atoms with van der Waals surface area (Å²) in [6.07, 6.45) is 2.46. The molecule has 1 aliphatic rings. The fraction of sp³-hybridized carbons (Fsp3) is 0.571. The predicted octanol–water partition coefficient (Wildman–Crippen LogP) is 3.33. The van der Waals surface area contributed by atoms with Gasteiger partial charge in [0.2, 0.25) is 0 Å². The number of rotatable bonds is 3. The summed E-state index contributed by atoms with van der Waals surface area (Å²) in [5.74, 6) is -0.205. The van der Waals surface area contributed by atoms with Crippen LogP contribution in [0.15, 0.2) is 22.7 Å². The number of nitrogens with one attached hydrogen (secondary N) is 1. The number of likely N-dealkylation sites (N-methyl/N-ethyl adjacent to an activating group) is 1. The van der Waals surface area contributed by atoms with E-state index in [1.54, 1.807) is 0 Å². The molecule has 2 atom stereocenters. The summed E-state index contributed by atoms with van der Waals surface area (Å²) < 4.78 is 13.7. The summed E-state index contributed by atoms with van der Waals surface area (Å²) >= 11 is 3.24. The lowest BCUT2D eigenvalue weighted by Gasteiger charge is -2.32. The van der Waals surface area contributed by atoms with Gasteiger partial charge < -0.3 is 10.2 Å². The quantitative estimate of drug-likeness (QED) is 0.920. The van der Waals surface area contributed by atoms with Crippen LogP contribution in [0.4, 0.5) is 4.39 Å². The summed E-state index contributed by atoms with van der Waals surface area (Å²) in [5, 5.41) is 3.63. The Morgan fingerprint density at radius 1 is 1.50 bits per heavy atom. The third kappa shape index (κ3) is 3.53. The van der Waals surface area contributed by atoms with Crippen molar-refractivity contribution in [3.8, 4) is 0 Å². The van der Waals surface area contributed by atoms with Gasteiger partial charge in [-0.3, -0.25) is 0 Å². The van der Waals surface area contributed by atoms with Gasteiger partial charge in [0, 0.05) is 18.6 Å².